The lowest BCUT2D eigenvalue weighted by Crippen LogP contribution is -2.53. The summed E-state index contributed by atoms with van der Waals surface area (Å²) in [6.45, 7) is 10.5. The Labute approximate surface area is 110 Å². The average Bonchev–Trinajstić information content (AvgIpc) is 2.28. The molecule has 0 amide bonds. The Hall–Kier alpha value is -1.06. The highest BCUT2D eigenvalue weighted by Gasteiger charge is 2.20. The molecule has 18 heavy (non-hydrogen) atoms. The fourth-order valence-electron chi connectivity index (χ4n) is 2.73. The number of hydrogen-bond acceptors (Lipinski definition) is 3. The molecular weight excluding hydrogens is 224 g/mol. The van der Waals surface area contributed by atoms with Gasteiger partial charge in [0.15, 0.2) is 0 Å². The third-order valence-electron chi connectivity index (χ3n) is 3.25. The van der Waals surface area contributed by atoms with Crippen LogP contribution in [0.4, 0.5) is 0 Å². The maximum Gasteiger partial charge on any atom is 0.119 e. The van der Waals surface area contributed by atoms with E-state index in [4.69, 9.17) is 4.74 Å². The molecule has 2 unspecified atom stereocenters. The van der Waals surface area contributed by atoms with E-state index in [1.807, 2.05) is 13.0 Å². The van der Waals surface area contributed by atoms with Crippen LogP contribution in [0.15, 0.2) is 24.3 Å². The molecule has 100 valence electrons. The second-order valence-electron chi connectivity index (χ2n) is 5.24. The molecule has 2 atom stereocenters. The van der Waals surface area contributed by atoms with Crippen LogP contribution in [0, 0.1) is 0 Å². The van der Waals surface area contributed by atoms with Crippen molar-refractivity contribution >= 4 is 0 Å². The van der Waals surface area contributed by atoms with Crippen molar-refractivity contribution in [3.05, 3.63) is 29.8 Å². The van der Waals surface area contributed by atoms with Crippen molar-refractivity contribution in [1.29, 1.82) is 0 Å². The second kappa shape index (κ2) is 6.21. The molecule has 0 saturated carbocycles. The van der Waals surface area contributed by atoms with Gasteiger partial charge in [-0.2, -0.15) is 0 Å². The molecule has 1 aromatic rings. The minimum absolute atomic E-state index is 0.573. The van der Waals surface area contributed by atoms with Crippen molar-refractivity contribution in [1.82, 2.24) is 10.2 Å². The van der Waals surface area contributed by atoms with E-state index in [1.165, 1.54) is 5.56 Å². The minimum atomic E-state index is 0.573. The van der Waals surface area contributed by atoms with Crippen molar-refractivity contribution in [2.45, 2.75) is 39.4 Å². The van der Waals surface area contributed by atoms with Crippen molar-refractivity contribution in [2.24, 2.45) is 0 Å². The number of rotatable bonds is 4. The van der Waals surface area contributed by atoms with Crippen molar-refractivity contribution < 1.29 is 4.74 Å². The normalized spacial score (nSPS) is 25.1. The SMILES string of the molecule is CCOc1cccc(CN2CC(C)NC(C)C2)c1. The van der Waals surface area contributed by atoms with Crippen LogP contribution in [0.3, 0.4) is 0 Å². The zero-order valence-electron chi connectivity index (χ0n) is 11.6. The molecule has 1 fully saturated rings. The first-order valence-electron chi connectivity index (χ1n) is 6.87. The van der Waals surface area contributed by atoms with Crippen molar-refractivity contribution in [3.8, 4) is 5.75 Å². The molecule has 0 aliphatic carbocycles. The van der Waals surface area contributed by atoms with Gasteiger partial charge in [0.25, 0.3) is 0 Å². The van der Waals surface area contributed by atoms with E-state index in [1.54, 1.807) is 0 Å². The van der Waals surface area contributed by atoms with E-state index >= 15 is 0 Å². The van der Waals surface area contributed by atoms with E-state index in [9.17, 15) is 0 Å². The maximum atomic E-state index is 5.55. The fourth-order valence-corrected chi connectivity index (χ4v) is 2.73. The van der Waals surface area contributed by atoms with Gasteiger partial charge in [0, 0.05) is 31.7 Å². The molecular formula is C15H24N2O. The smallest absolute Gasteiger partial charge is 0.119 e. The van der Waals surface area contributed by atoms with Gasteiger partial charge in [0.05, 0.1) is 6.61 Å². The van der Waals surface area contributed by atoms with Crippen LogP contribution in [-0.2, 0) is 6.54 Å². The molecule has 1 aromatic carbocycles. The fraction of sp³-hybridized carbons (Fsp3) is 0.600. The Morgan fingerprint density at radius 2 is 2.00 bits per heavy atom. The third kappa shape index (κ3) is 3.72. The molecule has 3 heteroatoms. The number of ether oxygens (including phenoxy) is 1. The summed E-state index contributed by atoms with van der Waals surface area (Å²) >= 11 is 0. The first-order chi connectivity index (χ1) is 8.67. The Balaban J connectivity index is 1.97. The predicted molar refractivity (Wildman–Crippen MR) is 74.9 cm³/mol. The molecule has 2 rings (SSSR count). The summed E-state index contributed by atoms with van der Waals surface area (Å²) in [6, 6.07) is 9.58. The molecule has 0 radical (unpaired) electrons. The van der Waals surface area contributed by atoms with Gasteiger partial charge < -0.3 is 10.1 Å². The Bertz CT molecular complexity index is 371. The van der Waals surface area contributed by atoms with Gasteiger partial charge in [-0.15, -0.1) is 0 Å². The average molecular weight is 248 g/mol. The Kier molecular flexibility index (Phi) is 4.61. The van der Waals surface area contributed by atoms with Crippen LogP contribution in [0.2, 0.25) is 0 Å². The van der Waals surface area contributed by atoms with Gasteiger partial charge in [-0.25, -0.2) is 0 Å². The number of benzene rings is 1. The van der Waals surface area contributed by atoms with E-state index in [2.05, 4.69) is 42.3 Å². The summed E-state index contributed by atoms with van der Waals surface area (Å²) < 4.78 is 5.55. The molecule has 3 nitrogen and oxygen atoms in total. The van der Waals surface area contributed by atoms with Crippen LogP contribution in [0.5, 0.6) is 5.75 Å². The summed E-state index contributed by atoms with van der Waals surface area (Å²) in [5.74, 6) is 0.978. The monoisotopic (exact) mass is 248 g/mol. The van der Waals surface area contributed by atoms with Gasteiger partial charge in [-0.05, 0) is 38.5 Å². The summed E-state index contributed by atoms with van der Waals surface area (Å²) in [6.07, 6.45) is 0. The summed E-state index contributed by atoms with van der Waals surface area (Å²) in [5.41, 5.74) is 1.34. The van der Waals surface area contributed by atoms with Gasteiger partial charge in [-0.1, -0.05) is 12.1 Å². The van der Waals surface area contributed by atoms with Gasteiger partial charge in [0.1, 0.15) is 5.75 Å². The number of nitrogens with zero attached hydrogens (tertiary/aromatic N) is 1. The predicted octanol–water partition coefficient (Wildman–Crippen LogP) is 2.27. The van der Waals surface area contributed by atoms with Crippen LogP contribution >= 0.6 is 0 Å². The van der Waals surface area contributed by atoms with Gasteiger partial charge >= 0.3 is 0 Å². The highest BCUT2D eigenvalue weighted by molar-refractivity contribution is 5.28. The molecule has 0 spiro atoms. The highest BCUT2D eigenvalue weighted by atomic mass is 16.5. The van der Waals surface area contributed by atoms with E-state index in [-0.39, 0.29) is 0 Å². The largest absolute Gasteiger partial charge is 0.494 e. The molecule has 1 N–H and O–H groups in total. The van der Waals surface area contributed by atoms with Crippen LogP contribution in [0.1, 0.15) is 26.3 Å². The van der Waals surface area contributed by atoms with Gasteiger partial charge in [0.2, 0.25) is 0 Å². The summed E-state index contributed by atoms with van der Waals surface area (Å²) in [5, 5.41) is 3.56. The number of hydrogen-bond donors (Lipinski definition) is 1. The number of piperazine rings is 1. The second-order valence-corrected chi connectivity index (χ2v) is 5.24. The van der Waals surface area contributed by atoms with Crippen molar-refractivity contribution in [3.63, 3.8) is 0 Å². The van der Waals surface area contributed by atoms with Crippen LogP contribution in [0.25, 0.3) is 0 Å². The molecule has 1 heterocycles. The molecule has 1 saturated heterocycles. The van der Waals surface area contributed by atoms with Gasteiger partial charge in [-0.3, -0.25) is 4.90 Å². The van der Waals surface area contributed by atoms with Crippen LogP contribution in [-0.4, -0.2) is 36.7 Å². The third-order valence-corrected chi connectivity index (χ3v) is 3.25. The van der Waals surface area contributed by atoms with E-state index in [0.717, 1.165) is 32.0 Å². The lowest BCUT2D eigenvalue weighted by molar-refractivity contribution is 0.166. The molecule has 1 aliphatic rings. The van der Waals surface area contributed by atoms with E-state index in [0.29, 0.717) is 12.1 Å². The Morgan fingerprint density at radius 3 is 2.67 bits per heavy atom. The van der Waals surface area contributed by atoms with E-state index < -0.39 is 0 Å². The zero-order chi connectivity index (χ0) is 13.0. The molecule has 0 bridgehead atoms. The molecule has 0 aromatic heterocycles. The number of nitrogens with one attached hydrogen (secondary N) is 1. The quantitative estimate of drug-likeness (QED) is 0.884. The lowest BCUT2D eigenvalue weighted by Gasteiger charge is -2.36. The lowest BCUT2D eigenvalue weighted by atomic mass is 10.1. The minimum Gasteiger partial charge on any atom is -0.494 e. The highest BCUT2D eigenvalue weighted by Crippen LogP contribution is 2.16. The summed E-state index contributed by atoms with van der Waals surface area (Å²) in [7, 11) is 0. The van der Waals surface area contributed by atoms with Crippen LogP contribution < -0.4 is 10.1 Å². The zero-order valence-corrected chi connectivity index (χ0v) is 11.6. The standard InChI is InChI=1S/C15H24N2O/c1-4-18-15-7-5-6-14(8-15)11-17-9-12(2)16-13(3)10-17/h5-8,12-13,16H,4,9-11H2,1-3H3. The topological polar surface area (TPSA) is 24.5 Å². The molecule has 1 aliphatic heterocycles. The Morgan fingerprint density at radius 1 is 1.28 bits per heavy atom. The first kappa shape index (κ1) is 13.4. The summed E-state index contributed by atoms with van der Waals surface area (Å²) in [4.78, 5) is 2.51. The van der Waals surface area contributed by atoms with Crippen molar-refractivity contribution in [2.75, 3.05) is 19.7 Å². The first-order valence-corrected chi connectivity index (χ1v) is 6.87. The maximum absolute atomic E-state index is 5.55.